The summed E-state index contributed by atoms with van der Waals surface area (Å²) < 4.78 is 2.02. The highest BCUT2D eigenvalue weighted by atomic mass is 32.2. The maximum atomic E-state index is 12.4. The number of aromatic nitrogens is 3. The lowest BCUT2D eigenvalue weighted by Crippen LogP contribution is -2.14. The predicted molar refractivity (Wildman–Crippen MR) is 136 cm³/mol. The van der Waals surface area contributed by atoms with E-state index in [1.807, 2.05) is 11.5 Å². The summed E-state index contributed by atoms with van der Waals surface area (Å²) in [6.45, 7) is 6.86. The fourth-order valence-electron chi connectivity index (χ4n) is 3.57. The van der Waals surface area contributed by atoms with Gasteiger partial charge in [-0.15, -0.1) is 21.5 Å². The molecule has 2 aromatic heterocycles. The third-order valence-corrected chi connectivity index (χ3v) is 7.16. The van der Waals surface area contributed by atoms with Crippen LogP contribution in [-0.2, 0) is 11.3 Å². The lowest BCUT2D eigenvalue weighted by atomic mass is 10.0. The first-order chi connectivity index (χ1) is 16.4. The number of hydrogen-bond donors (Lipinski definition) is 1. The molecule has 0 aliphatic rings. The van der Waals surface area contributed by atoms with Gasteiger partial charge in [0.2, 0.25) is 5.91 Å². The molecule has 0 saturated heterocycles. The number of rotatable bonds is 8. The minimum atomic E-state index is -0.476. The summed E-state index contributed by atoms with van der Waals surface area (Å²) in [4.78, 5) is 23.9. The number of thiophene rings is 1. The van der Waals surface area contributed by atoms with Gasteiger partial charge in [0.1, 0.15) is 0 Å². The van der Waals surface area contributed by atoms with Gasteiger partial charge < -0.3 is 9.88 Å². The van der Waals surface area contributed by atoms with Crippen LogP contribution in [0.25, 0.3) is 22.5 Å². The number of nitro groups is 1. The molecule has 1 N–H and O–H groups in total. The standard InChI is InChI=1S/C24H23N5O3S2/c1-4-28-23(20-13-33-16(3)22(20)17-7-5-15(2)6-8-17)26-27-24(28)34-14-21(30)25-18-9-11-19(12-10-18)29(31)32/h5-13H,4,14H2,1-3H3,(H,25,30). The molecule has 2 heterocycles. The van der Waals surface area contributed by atoms with Crippen LogP contribution in [0.15, 0.2) is 59.1 Å². The number of thioether (sulfide) groups is 1. The molecule has 2 aromatic carbocycles. The van der Waals surface area contributed by atoms with Crippen LogP contribution in [-0.4, -0.2) is 31.3 Å². The SMILES string of the molecule is CCn1c(SCC(=O)Nc2ccc([N+](=O)[O-])cc2)nnc1-c1csc(C)c1-c1ccc(C)cc1. The number of anilines is 1. The van der Waals surface area contributed by atoms with E-state index in [1.165, 1.54) is 46.5 Å². The molecule has 0 fully saturated rings. The summed E-state index contributed by atoms with van der Waals surface area (Å²) in [6, 6.07) is 14.2. The van der Waals surface area contributed by atoms with Crippen LogP contribution in [0.5, 0.6) is 0 Å². The quantitative estimate of drug-likeness (QED) is 0.185. The smallest absolute Gasteiger partial charge is 0.269 e. The van der Waals surface area contributed by atoms with Gasteiger partial charge in [0.25, 0.3) is 5.69 Å². The van der Waals surface area contributed by atoms with Crippen molar-refractivity contribution in [3.8, 4) is 22.5 Å². The molecule has 10 heteroatoms. The molecule has 34 heavy (non-hydrogen) atoms. The highest BCUT2D eigenvalue weighted by Gasteiger charge is 2.20. The summed E-state index contributed by atoms with van der Waals surface area (Å²) in [6.07, 6.45) is 0. The number of carbonyl (C=O) groups is 1. The molecule has 174 valence electrons. The number of amides is 1. The Morgan fingerprint density at radius 2 is 1.82 bits per heavy atom. The van der Waals surface area contributed by atoms with E-state index in [2.05, 4.69) is 59.0 Å². The molecule has 1 amide bonds. The minimum absolute atomic E-state index is 0.0235. The van der Waals surface area contributed by atoms with Gasteiger partial charge in [-0.25, -0.2) is 0 Å². The average molecular weight is 494 g/mol. The van der Waals surface area contributed by atoms with Gasteiger partial charge in [0, 0.05) is 45.7 Å². The second-order valence-electron chi connectivity index (χ2n) is 7.64. The van der Waals surface area contributed by atoms with Crippen molar-refractivity contribution in [2.75, 3.05) is 11.1 Å². The summed E-state index contributed by atoms with van der Waals surface area (Å²) >= 11 is 2.99. The number of non-ortho nitro benzene ring substituents is 1. The van der Waals surface area contributed by atoms with Crippen molar-refractivity contribution in [3.05, 3.63) is 74.5 Å². The van der Waals surface area contributed by atoms with Crippen LogP contribution >= 0.6 is 23.1 Å². The molecule has 8 nitrogen and oxygen atoms in total. The Balaban J connectivity index is 1.51. The Bertz CT molecular complexity index is 1330. The van der Waals surface area contributed by atoms with Gasteiger partial charge in [-0.1, -0.05) is 41.6 Å². The summed E-state index contributed by atoms with van der Waals surface area (Å²) in [5.41, 5.74) is 5.01. The van der Waals surface area contributed by atoms with Crippen molar-refractivity contribution >= 4 is 40.4 Å². The first-order valence-electron chi connectivity index (χ1n) is 10.6. The van der Waals surface area contributed by atoms with Crippen LogP contribution < -0.4 is 5.32 Å². The molecule has 4 aromatic rings. The van der Waals surface area contributed by atoms with Crippen LogP contribution in [0, 0.1) is 24.0 Å². The first-order valence-corrected chi connectivity index (χ1v) is 12.5. The fraction of sp³-hybridized carbons (Fsp3) is 0.208. The zero-order chi connectivity index (χ0) is 24.2. The maximum absolute atomic E-state index is 12.4. The summed E-state index contributed by atoms with van der Waals surface area (Å²) in [5, 5.41) is 25.1. The number of carbonyl (C=O) groups excluding carboxylic acids is 1. The molecule has 0 saturated carbocycles. The van der Waals surface area contributed by atoms with Gasteiger partial charge in [-0.3, -0.25) is 14.9 Å². The maximum Gasteiger partial charge on any atom is 0.269 e. The number of hydrogen-bond acceptors (Lipinski definition) is 7. The number of nitrogens with one attached hydrogen (secondary N) is 1. The lowest BCUT2D eigenvalue weighted by molar-refractivity contribution is -0.384. The number of nitrogens with zero attached hydrogens (tertiary/aromatic N) is 4. The van der Waals surface area contributed by atoms with Gasteiger partial charge in [-0.2, -0.15) is 0 Å². The van der Waals surface area contributed by atoms with Crippen LogP contribution in [0.1, 0.15) is 17.4 Å². The molecular weight excluding hydrogens is 470 g/mol. The average Bonchev–Trinajstić information content (AvgIpc) is 3.41. The van der Waals surface area contributed by atoms with Gasteiger partial charge in [0.15, 0.2) is 11.0 Å². The lowest BCUT2D eigenvalue weighted by Gasteiger charge is -2.10. The van der Waals surface area contributed by atoms with Crippen molar-refractivity contribution < 1.29 is 9.72 Å². The normalized spacial score (nSPS) is 10.9. The van der Waals surface area contributed by atoms with E-state index in [-0.39, 0.29) is 17.3 Å². The first kappa shape index (κ1) is 23.7. The Labute approximate surface area is 205 Å². The van der Waals surface area contributed by atoms with Crippen molar-refractivity contribution in [1.82, 2.24) is 14.8 Å². The molecule has 0 bridgehead atoms. The van der Waals surface area contributed by atoms with Crippen molar-refractivity contribution in [2.24, 2.45) is 0 Å². The molecule has 0 unspecified atom stereocenters. The van der Waals surface area contributed by atoms with Crippen LogP contribution in [0.2, 0.25) is 0 Å². The van der Waals surface area contributed by atoms with E-state index in [0.29, 0.717) is 17.4 Å². The van der Waals surface area contributed by atoms with E-state index in [9.17, 15) is 14.9 Å². The minimum Gasteiger partial charge on any atom is -0.325 e. The Morgan fingerprint density at radius 3 is 2.47 bits per heavy atom. The summed E-state index contributed by atoms with van der Waals surface area (Å²) in [7, 11) is 0. The topological polar surface area (TPSA) is 103 Å². The largest absolute Gasteiger partial charge is 0.325 e. The van der Waals surface area contributed by atoms with Crippen LogP contribution in [0.4, 0.5) is 11.4 Å². The molecule has 0 spiro atoms. The molecule has 4 rings (SSSR count). The Hall–Kier alpha value is -3.50. The van der Waals surface area contributed by atoms with Crippen LogP contribution in [0.3, 0.4) is 0 Å². The van der Waals surface area contributed by atoms with E-state index in [4.69, 9.17) is 0 Å². The van der Waals surface area contributed by atoms with Gasteiger partial charge >= 0.3 is 0 Å². The van der Waals surface area contributed by atoms with Crippen molar-refractivity contribution in [3.63, 3.8) is 0 Å². The van der Waals surface area contributed by atoms with E-state index in [1.54, 1.807) is 11.3 Å². The number of nitro benzene ring substituents is 1. The Kier molecular flexibility index (Phi) is 7.09. The second-order valence-corrected chi connectivity index (χ2v) is 9.66. The second kappa shape index (κ2) is 10.2. The Morgan fingerprint density at radius 1 is 1.12 bits per heavy atom. The van der Waals surface area contributed by atoms with Crippen molar-refractivity contribution in [1.29, 1.82) is 0 Å². The highest BCUT2D eigenvalue weighted by molar-refractivity contribution is 7.99. The van der Waals surface area contributed by atoms with E-state index >= 15 is 0 Å². The molecule has 0 radical (unpaired) electrons. The molecule has 0 atom stereocenters. The zero-order valence-corrected chi connectivity index (χ0v) is 20.6. The third-order valence-electron chi connectivity index (χ3n) is 5.28. The molecular formula is C24H23N5O3S2. The number of aryl methyl sites for hydroxylation is 2. The van der Waals surface area contributed by atoms with Gasteiger partial charge in [0.05, 0.1) is 10.7 Å². The molecule has 0 aliphatic carbocycles. The predicted octanol–water partition coefficient (Wildman–Crippen LogP) is 5.95. The van der Waals surface area contributed by atoms with E-state index < -0.39 is 4.92 Å². The fourth-order valence-corrected chi connectivity index (χ4v) is 5.24. The number of benzene rings is 2. The summed E-state index contributed by atoms with van der Waals surface area (Å²) in [5.74, 6) is 0.696. The van der Waals surface area contributed by atoms with Crippen molar-refractivity contribution in [2.45, 2.75) is 32.5 Å². The van der Waals surface area contributed by atoms with Gasteiger partial charge in [-0.05, 0) is 38.5 Å². The highest BCUT2D eigenvalue weighted by Crippen LogP contribution is 2.39. The third kappa shape index (κ3) is 5.02. The molecule has 0 aliphatic heterocycles. The zero-order valence-electron chi connectivity index (χ0n) is 18.9. The van der Waals surface area contributed by atoms with E-state index in [0.717, 1.165) is 22.5 Å². The monoisotopic (exact) mass is 493 g/mol.